The fourth-order valence-corrected chi connectivity index (χ4v) is 1.85. The Bertz CT molecular complexity index is 678. The first kappa shape index (κ1) is 14.9. The zero-order valence-corrected chi connectivity index (χ0v) is 12.5. The van der Waals surface area contributed by atoms with E-state index < -0.39 is 4.92 Å². The van der Waals surface area contributed by atoms with Crippen molar-refractivity contribution < 1.29 is 4.92 Å². The number of nitrogens with one attached hydrogen (secondary N) is 1. The first-order chi connectivity index (χ1) is 9.81. The molecule has 2 rings (SSSR count). The number of anilines is 1. The Morgan fingerprint density at radius 1 is 1.19 bits per heavy atom. The van der Waals surface area contributed by atoms with Crippen molar-refractivity contribution in [2.75, 3.05) is 12.4 Å². The number of rotatable bonds is 3. The molecule has 0 spiro atoms. The van der Waals surface area contributed by atoms with Crippen molar-refractivity contribution in [3.05, 3.63) is 46.1 Å². The molecule has 0 radical (unpaired) electrons. The second-order valence-electron chi connectivity index (χ2n) is 5.77. The molecule has 0 aliphatic heterocycles. The van der Waals surface area contributed by atoms with E-state index in [1.54, 1.807) is 19.2 Å². The molecule has 0 saturated heterocycles. The molecule has 0 aliphatic carbocycles. The van der Waals surface area contributed by atoms with E-state index in [1.807, 2.05) is 6.07 Å². The average Bonchev–Trinajstić information content (AvgIpc) is 2.46. The van der Waals surface area contributed by atoms with Crippen LogP contribution in [0.25, 0.3) is 11.4 Å². The maximum absolute atomic E-state index is 10.9. The Balaban J connectivity index is 2.58. The van der Waals surface area contributed by atoms with Gasteiger partial charge in [-0.2, -0.15) is 0 Å². The zero-order chi connectivity index (χ0) is 15.6. The van der Waals surface area contributed by atoms with Gasteiger partial charge in [0.1, 0.15) is 5.82 Å². The summed E-state index contributed by atoms with van der Waals surface area (Å²) >= 11 is 0. The molecule has 0 fully saturated rings. The number of nitro benzene ring substituents is 1. The van der Waals surface area contributed by atoms with Crippen LogP contribution in [-0.2, 0) is 5.41 Å². The van der Waals surface area contributed by atoms with Gasteiger partial charge in [-0.15, -0.1) is 0 Å². The molecule has 0 bridgehead atoms. The minimum atomic E-state index is -0.421. The van der Waals surface area contributed by atoms with E-state index in [9.17, 15) is 10.1 Å². The maximum Gasteiger partial charge on any atom is 0.270 e. The van der Waals surface area contributed by atoms with Gasteiger partial charge in [0.15, 0.2) is 5.82 Å². The number of hydrogen-bond acceptors (Lipinski definition) is 5. The number of benzene rings is 1. The van der Waals surface area contributed by atoms with Gasteiger partial charge in [0.2, 0.25) is 0 Å². The third-order valence-electron chi connectivity index (χ3n) is 3.07. The summed E-state index contributed by atoms with van der Waals surface area (Å²) < 4.78 is 0. The Hall–Kier alpha value is -2.50. The fraction of sp³-hybridized carbons (Fsp3) is 0.333. The molecule has 0 aliphatic rings. The third-order valence-corrected chi connectivity index (χ3v) is 3.07. The molecule has 0 amide bonds. The molecule has 6 heteroatoms. The summed E-state index contributed by atoms with van der Waals surface area (Å²) in [6.45, 7) is 6.18. The van der Waals surface area contributed by atoms with Crippen molar-refractivity contribution in [3.63, 3.8) is 0 Å². The topological polar surface area (TPSA) is 81.0 Å². The summed E-state index contributed by atoms with van der Waals surface area (Å²) in [5.41, 5.74) is 1.41. The highest BCUT2D eigenvalue weighted by Crippen LogP contribution is 2.27. The van der Waals surface area contributed by atoms with Crippen LogP contribution in [0.15, 0.2) is 30.3 Å². The van der Waals surface area contributed by atoms with Gasteiger partial charge in [0.05, 0.1) is 10.6 Å². The van der Waals surface area contributed by atoms with E-state index in [0.29, 0.717) is 17.2 Å². The number of aromatic nitrogens is 2. The van der Waals surface area contributed by atoms with Crippen LogP contribution in [0.2, 0.25) is 0 Å². The second-order valence-corrected chi connectivity index (χ2v) is 5.77. The zero-order valence-electron chi connectivity index (χ0n) is 12.5. The van der Waals surface area contributed by atoms with Crippen molar-refractivity contribution in [2.24, 2.45) is 0 Å². The van der Waals surface area contributed by atoms with Gasteiger partial charge in [-0.05, 0) is 0 Å². The Morgan fingerprint density at radius 3 is 2.48 bits per heavy atom. The molecule has 1 aromatic carbocycles. The lowest BCUT2D eigenvalue weighted by molar-refractivity contribution is -0.384. The molecule has 0 unspecified atom stereocenters. The number of non-ortho nitro benzene ring substituents is 1. The van der Waals surface area contributed by atoms with Crippen LogP contribution in [0, 0.1) is 10.1 Å². The van der Waals surface area contributed by atoms with Crippen LogP contribution >= 0.6 is 0 Å². The highest BCUT2D eigenvalue weighted by molar-refractivity contribution is 5.61. The van der Waals surface area contributed by atoms with Gasteiger partial charge in [-0.1, -0.05) is 32.9 Å². The van der Waals surface area contributed by atoms with E-state index in [0.717, 1.165) is 5.69 Å². The molecule has 1 N–H and O–H groups in total. The predicted octanol–water partition coefficient (Wildman–Crippen LogP) is 3.39. The normalized spacial score (nSPS) is 11.2. The first-order valence-corrected chi connectivity index (χ1v) is 6.63. The van der Waals surface area contributed by atoms with E-state index in [1.165, 1.54) is 12.1 Å². The van der Waals surface area contributed by atoms with Crippen molar-refractivity contribution in [1.29, 1.82) is 0 Å². The molecular formula is C15H18N4O2. The largest absolute Gasteiger partial charge is 0.373 e. The molecule has 6 nitrogen and oxygen atoms in total. The molecule has 0 atom stereocenters. The lowest BCUT2D eigenvalue weighted by Gasteiger charge is -2.19. The summed E-state index contributed by atoms with van der Waals surface area (Å²) in [5.74, 6) is 1.17. The van der Waals surface area contributed by atoms with Crippen LogP contribution in [0.3, 0.4) is 0 Å². The lowest BCUT2D eigenvalue weighted by Crippen LogP contribution is -2.15. The van der Waals surface area contributed by atoms with Crippen molar-refractivity contribution in [3.8, 4) is 11.4 Å². The molecular weight excluding hydrogens is 268 g/mol. The fourth-order valence-electron chi connectivity index (χ4n) is 1.85. The Kier molecular flexibility index (Phi) is 3.88. The van der Waals surface area contributed by atoms with Gasteiger partial charge < -0.3 is 5.32 Å². The summed E-state index contributed by atoms with van der Waals surface area (Å²) in [5, 5.41) is 13.9. The van der Waals surface area contributed by atoms with Crippen LogP contribution in [0.4, 0.5) is 11.5 Å². The van der Waals surface area contributed by atoms with E-state index in [2.05, 4.69) is 36.1 Å². The highest BCUT2D eigenvalue weighted by Gasteiger charge is 2.19. The Labute approximate surface area is 123 Å². The monoisotopic (exact) mass is 286 g/mol. The molecule has 0 saturated carbocycles. The molecule has 21 heavy (non-hydrogen) atoms. The smallest absolute Gasteiger partial charge is 0.270 e. The summed E-state index contributed by atoms with van der Waals surface area (Å²) in [4.78, 5) is 19.4. The van der Waals surface area contributed by atoms with Gasteiger partial charge in [-0.25, -0.2) is 9.97 Å². The first-order valence-electron chi connectivity index (χ1n) is 6.63. The molecule has 110 valence electrons. The van der Waals surface area contributed by atoms with Crippen molar-refractivity contribution >= 4 is 11.5 Å². The SMILES string of the molecule is CNc1cc(C(C)(C)C)nc(-c2cccc([N+](=O)[O-])c2)n1. The summed E-state index contributed by atoms with van der Waals surface area (Å²) in [7, 11) is 1.78. The van der Waals surface area contributed by atoms with Crippen LogP contribution in [-0.4, -0.2) is 21.9 Å². The molecule has 1 aromatic heterocycles. The van der Waals surface area contributed by atoms with E-state index >= 15 is 0 Å². The van der Waals surface area contributed by atoms with Crippen molar-refractivity contribution in [1.82, 2.24) is 9.97 Å². The van der Waals surface area contributed by atoms with Crippen molar-refractivity contribution in [2.45, 2.75) is 26.2 Å². The molecule has 2 aromatic rings. The number of nitrogens with zero attached hydrogens (tertiary/aromatic N) is 3. The average molecular weight is 286 g/mol. The van der Waals surface area contributed by atoms with E-state index in [-0.39, 0.29) is 11.1 Å². The van der Waals surface area contributed by atoms with Gasteiger partial charge in [0, 0.05) is 36.2 Å². The number of nitro groups is 1. The predicted molar refractivity (Wildman–Crippen MR) is 82.4 cm³/mol. The summed E-state index contributed by atoms with van der Waals surface area (Å²) in [6, 6.07) is 8.24. The third kappa shape index (κ3) is 3.34. The standard InChI is InChI=1S/C15H18N4O2/c1-15(2,3)12-9-13(16-4)18-14(17-12)10-6-5-7-11(8-10)19(20)21/h5-9H,1-4H3,(H,16,17,18). The van der Waals surface area contributed by atoms with Gasteiger partial charge in [0.25, 0.3) is 5.69 Å². The van der Waals surface area contributed by atoms with Gasteiger partial charge >= 0.3 is 0 Å². The number of hydrogen-bond donors (Lipinski definition) is 1. The lowest BCUT2D eigenvalue weighted by atomic mass is 9.92. The van der Waals surface area contributed by atoms with Crippen LogP contribution < -0.4 is 5.32 Å². The van der Waals surface area contributed by atoms with Crippen LogP contribution in [0.5, 0.6) is 0 Å². The minimum absolute atomic E-state index is 0.0308. The van der Waals surface area contributed by atoms with E-state index in [4.69, 9.17) is 0 Å². The Morgan fingerprint density at radius 2 is 1.90 bits per heavy atom. The van der Waals surface area contributed by atoms with Crippen LogP contribution in [0.1, 0.15) is 26.5 Å². The second kappa shape index (κ2) is 5.47. The highest BCUT2D eigenvalue weighted by atomic mass is 16.6. The quantitative estimate of drug-likeness (QED) is 0.691. The minimum Gasteiger partial charge on any atom is -0.373 e. The maximum atomic E-state index is 10.9. The summed E-state index contributed by atoms with van der Waals surface area (Å²) in [6.07, 6.45) is 0. The van der Waals surface area contributed by atoms with Gasteiger partial charge in [-0.3, -0.25) is 10.1 Å². The molecule has 1 heterocycles.